The minimum Gasteiger partial charge on any atom is -0.550 e. The second-order valence-corrected chi connectivity index (χ2v) is 4.54. The Morgan fingerprint density at radius 1 is 1.50 bits per heavy atom. The highest BCUT2D eigenvalue weighted by atomic mass is 127. The van der Waals surface area contributed by atoms with E-state index in [0.717, 1.165) is 19.3 Å². The first-order chi connectivity index (χ1) is 4.70. The minimum absolute atomic E-state index is 0.171. The molecule has 58 valence electrons. The predicted molar refractivity (Wildman–Crippen MR) is 44.8 cm³/mol. The maximum atomic E-state index is 10.4. The van der Waals surface area contributed by atoms with Crippen LogP contribution in [-0.2, 0) is 4.79 Å². The van der Waals surface area contributed by atoms with Crippen molar-refractivity contribution in [3.63, 3.8) is 0 Å². The molecule has 0 saturated heterocycles. The van der Waals surface area contributed by atoms with Gasteiger partial charge in [-0.2, -0.15) is 0 Å². The molecule has 3 heteroatoms. The fourth-order valence-electron chi connectivity index (χ4n) is 1.34. The Balaban J connectivity index is 2.39. The smallest absolute Gasteiger partial charge is 0.0445 e. The second-order valence-electron chi connectivity index (χ2n) is 2.78. The molecule has 0 bridgehead atoms. The van der Waals surface area contributed by atoms with Gasteiger partial charge in [-0.15, -0.1) is 0 Å². The average molecular weight is 253 g/mol. The lowest BCUT2D eigenvalue weighted by atomic mass is 9.89. The number of carboxylic acid groups (broad SMARTS) is 1. The summed E-state index contributed by atoms with van der Waals surface area (Å²) >= 11 is 2.31. The lowest BCUT2D eigenvalue weighted by Crippen LogP contribution is -2.34. The normalized spacial score (nSPS) is 33.7. The fourth-order valence-corrected chi connectivity index (χ4v) is 2.40. The first kappa shape index (κ1) is 8.30. The van der Waals surface area contributed by atoms with Crippen LogP contribution in [0.3, 0.4) is 0 Å². The van der Waals surface area contributed by atoms with Crippen molar-refractivity contribution in [1.29, 1.82) is 0 Å². The van der Waals surface area contributed by atoms with Gasteiger partial charge in [0.2, 0.25) is 0 Å². The quantitative estimate of drug-likeness (QED) is 0.510. The molecule has 1 aliphatic carbocycles. The van der Waals surface area contributed by atoms with Gasteiger partial charge in [0.15, 0.2) is 0 Å². The number of hydrogen-bond donors (Lipinski definition) is 0. The van der Waals surface area contributed by atoms with Crippen molar-refractivity contribution < 1.29 is 9.90 Å². The Labute approximate surface area is 74.1 Å². The molecule has 2 atom stereocenters. The third kappa shape index (κ3) is 2.11. The summed E-state index contributed by atoms with van der Waals surface area (Å²) in [5, 5.41) is 10.4. The van der Waals surface area contributed by atoms with Gasteiger partial charge in [0.25, 0.3) is 0 Å². The van der Waals surface area contributed by atoms with E-state index in [1.165, 1.54) is 6.42 Å². The molecule has 0 aromatic heterocycles. The van der Waals surface area contributed by atoms with Gasteiger partial charge in [0.05, 0.1) is 0 Å². The zero-order chi connectivity index (χ0) is 7.56. The first-order valence-electron chi connectivity index (χ1n) is 3.55. The molecule has 0 radical (unpaired) electrons. The van der Waals surface area contributed by atoms with Gasteiger partial charge < -0.3 is 9.90 Å². The Morgan fingerprint density at radius 2 is 2.20 bits per heavy atom. The van der Waals surface area contributed by atoms with Gasteiger partial charge in [-0.3, -0.25) is 0 Å². The maximum absolute atomic E-state index is 10.4. The van der Waals surface area contributed by atoms with Crippen LogP contribution < -0.4 is 5.11 Å². The van der Waals surface area contributed by atoms with E-state index >= 15 is 0 Å². The van der Waals surface area contributed by atoms with Crippen LogP contribution in [0.4, 0.5) is 0 Å². The standard InChI is InChI=1S/C7H11IO2/c8-6-3-1-2-5(4-6)7(9)10/h5-6H,1-4H2,(H,9,10)/p-1. The molecule has 0 aromatic rings. The highest BCUT2D eigenvalue weighted by Gasteiger charge is 2.20. The van der Waals surface area contributed by atoms with Crippen molar-refractivity contribution in [1.82, 2.24) is 0 Å². The Bertz CT molecular complexity index is 136. The number of aliphatic carboxylic acids is 1. The first-order valence-corrected chi connectivity index (χ1v) is 4.79. The van der Waals surface area contributed by atoms with E-state index in [4.69, 9.17) is 0 Å². The van der Waals surface area contributed by atoms with Gasteiger partial charge >= 0.3 is 0 Å². The van der Waals surface area contributed by atoms with E-state index in [0.29, 0.717) is 3.92 Å². The molecule has 10 heavy (non-hydrogen) atoms. The summed E-state index contributed by atoms with van der Waals surface area (Å²) in [7, 11) is 0. The Hall–Kier alpha value is 0.200. The topological polar surface area (TPSA) is 40.1 Å². The number of carboxylic acids is 1. The maximum Gasteiger partial charge on any atom is 0.0445 e. The molecule has 1 aliphatic rings. The summed E-state index contributed by atoms with van der Waals surface area (Å²) in [6.45, 7) is 0. The lowest BCUT2D eigenvalue weighted by Gasteiger charge is -2.25. The third-order valence-electron chi connectivity index (χ3n) is 1.94. The average Bonchev–Trinajstić information content (AvgIpc) is 1.88. The minimum atomic E-state index is -0.860. The van der Waals surface area contributed by atoms with E-state index in [9.17, 15) is 9.90 Å². The molecule has 1 fully saturated rings. The van der Waals surface area contributed by atoms with E-state index in [2.05, 4.69) is 22.6 Å². The largest absolute Gasteiger partial charge is 0.550 e. The van der Waals surface area contributed by atoms with Crippen LogP contribution in [0, 0.1) is 5.92 Å². The van der Waals surface area contributed by atoms with Crippen LogP contribution in [-0.4, -0.2) is 9.89 Å². The van der Waals surface area contributed by atoms with Crippen molar-refractivity contribution in [2.45, 2.75) is 29.6 Å². The summed E-state index contributed by atoms with van der Waals surface area (Å²) in [6, 6.07) is 0. The van der Waals surface area contributed by atoms with Crippen molar-refractivity contribution >= 4 is 28.6 Å². The van der Waals surface area contributed by atoms with Crippen LogP contribution in [0.2, 0.25) is 0 Å². The predicted octanol–water partition coefficient (Wildman–Crippen LogP) is 0.730. The van der Waals surface area contributed by atoms with Crippen LogP contribution in [0.25, 0.3) is 0 Å². The molecule has 0 spiro atoms. The van der Waals surface area contributed by atoms with Gasteiger partial charge in [0.1, 0.15) is 0 Å². The molecule has 1 rings (SSSR count). The summed E-state index contributed by atoms with van der Waals surface area (Å²) in [4.78, 5) is 10.4. The van der Waals surface area contributed by atoms with Crippen molar-refractivity contribution in [3.8, 4) is 0 Å². The molecule has 0 aromatic carbocycles. The van der Waals surface area contributed by atoms with E-state index in [1.807, 2.05) is 0 Å². The monoisotopic (exact) mass is 253 g/mol. The summed E-state index contributed by atoms with van der Waals surface area (Å²) in [6.07, 6.45) is 3.85. The van der Waals surface area contributed by atoms with E-state index in [-0.39, 0.29) is 5.92 Å². The van der Waals surface area contributed by atoms with Gasteiger partial charge in [-0.1, -0.05) is 29.0 Å². The van der Waals surface area contributed by atoms with Crippen molar-refractivity contribution in [2.24, 2.45) is 5.92 Å². The molecule has 2 unspecified atom stereocenters. The zero-order valence-corrected chi connectivity index (χ0v) is 7.84. The SMILES string of the molecule is O=C([O-])C1CCCC(I)C1. The molecule has 0 N–H and O–H groups in total. The number of carbonyl (C=O) groups excluding carboxylic acids is 1. The molecular formula is C7H10IO2-. The summed E-state index contributed by atoms with van der Waals surface area (Å²) in [5.41, 5.74) is 0. The highest BCUT2D eigenvalue weighted by molar-refractivity contribution is 14.1. The zero-order valence-electron chi connectivity index (χ0n) is 5.68. The molecule has 0 amide bonds. The van der Waals surface area contributed by atoms with Crippen LogP contribution in [0.5, 0.6) is 0 Å². The molecule has 0 heterocycles. The van der Waals surface area contributed by atoms with Gasteiger partial charge in [0, 0.05) is 9.89 Å². The number of carbonyl (C=O) groups is 1. The van der Waals surface area contributed by atoms with Crippen LogP contribution in [0.1, 0.15) is 25.7 Å². The summed E-state index contributed by atoms with van der Waals surface area (Å²) in [5.74, 6) is -1.03. The van der Waals surface area contributed by atoms with Crippen molar-refractivity contribution in [3.05, 3.63) is 0 Å². The highest BCUT2D eigenvalue weighted by Crippen LogP contribution is 2.28. The number of halogens is 1. The second kappa shape index (κ2) is 3.55. The Kier molecular flexibility index (Phi) is 2.95. The fraction of sp³-hybridized carbons (Fsp3) is 0.857. The molecular weight excluding hydrogens is 243 g/mol. The lowest BCUT2D eigenvalue weighted by molar-refractivity contribution is -0.312. The Morgan fingerprint density at radius 3 is 2.60 bits per heavy atom. The number of rotatable bonds is 1. The molecule has 0 aliphatic heterocycles. The van der Waals surface area contributed by atoms with E-state index < -0.39 is 5.97 Å². The van der Waals surface area contributed by atoms with Gasteiger partial charge in [-0.25, -0.2) is 0 Å². The van der Waals surface area contributed by atoms with Crippen molar-refractivity contribution in [2.75, 3.05) is 0 Å². The number of hydrogen-bond acceptors (Lipinski definition) is 2. The molecule has 2 nitrogen and oxygen atoms in total. The summed E-state index contributed by atoms with van der Waals surface area (Å²) < 4.78 is 0.550. The van der Waals surface area contributed by atoms with Gasteiger partial charge in [-0.05, 0) is 25.2 Å². The van der Waals surface area contributed by atoms with E-state index in [1.54, 1.807) is 0 Å². The molecule has 1 saturated carbocycles. The van der Waals surface area contributed by atoms with Crippen LogP contribution >= 0.6 is 22.6 Å². The number of alkyl halides is 1. The third-order valence-corrected chi connectivity index (χ3v) is 3.07. The van der Waals surface area contributed by atoms with Crippen LogP contribution in [0.15, 0.2) is 0 Å².